The summed E-state index contributed by atoms with van der Waals surface area (Å²) in [4.78, 5) is 0. The van der Waals surface area contributed by atoms with E-state index in [1.165, 1.54) is 153 Å². The molecule has 0 aromatic heterocycles. The van der Waals surface area contributed by atoms with Crippen molar-refractivity contribution in [2.75, 3.05) is 0 Å². The molecule has 0 heterocycles. The number of rotatable bonds is 6. The van der Waals surface area contributed by atoms with Crippen molar-refractivity contribution in [3.8, 4) is 23.5 Å². The first kappa shape index (κ1) is 55.7. The van der Waals surface area contributed by atoms with Crippen LogP contribution in [0, 0.1) is 60.8 Å². The van der Waals surface area contributed by atoms with Crippen LogP contribution in [0.3, 0.4) is 0 Å². The molecule has 0 spiro atoms. The number of aryl methyl sites for hydroxylation is 6. The predicted molar refractivity (Wildman–Crippen MR) is 345 cm³/mol. The molecule has 9 aromatic carbocycles. The molecule has 0 N–H and O–H groups in total. The van der Waals surface area contributed by atoms with Crippen molar-refractivity contribution in [3.05, 3.63) is 303 Å². The minimum atomic E-state index is 0.984. The first-order valence-electron chi connectivity index (χ1n) is 27.7. The molecule has 0 saturated carbocycles. The molecular formula is C78H76. The molecule has 78 heavy (non-hydrogen) atoms. The summed E-state index contributed by atoms with van der Waals surface area (Å²) < 4.78 is 0. The van der Waals surface area contributed by atoms with Crippen molar-refractivity contribution in [3.63, 3.8) is 0 Å². The number of hydrogen-bond donors (Lipinski definition) is 0. The Hall–Kier alpha value is -8.50. The summed E-state index contributed by atoms with van der Waals surface area (Å²) >= 11 is 0. The molecule has 9 aromatic rings. The summed E-state index contributed by atoms with van der Waals surface area (Å²) in [5.74, 6) is 2.78. The van der Waals surface area contributed by atoms with Gasteiger partial charge in [0.25, 0.3) is 0 Å². The minimum absolute atomic E-state index is 0.984. The van der Waals surface area contributed by atoms with Gasteiger partial charge in [-0.1, -0.05) is 225 Å². The molecule has 0 unspecified atom stereocenters. The van der Waals surface area contributed by atoms with Gasteiger partial charge in [0.05, 0.1) is 0 Å². The lowest BCUT2D eigenvalue weighted by molar-refractivity contribution is 1.05. The average Bonchev–Trinajstić information content (AvgIpc) is 4.03. The number of benzene rings is 9. The summed E-state index contributed by atoms with van der Waals surface area (Å²) in [6, 6.07) is 54.2. The van der Waals surface area contributed by atoms with Gasteiger partial charge in [0.2, 0.25) is 0 Å². The SMILES string of the molecule is C#Cc1cccc2c1Cc1c(C)cccc1-2.C=C/C(C(=C)C)=C(/C=C\C)c1cccc(C)c1C.Cc1ccc2ccc3c(C)ccc4ccc1c2c43.Cc1ccccc1C1=CC=CCC1.Cc1ccccc1C1=CC=CCC1. The monoisotopic (exact) mass is 1010 g/mol. The van der Waals surface area contributed by atoms with E-state index in [1.54, 1.807) is 0 Å². The van der Waals surface area contributed by atoms with Crippen LogP contribution in [-0.4, -0.2) is 0 Å². The molecule has 3 aliphatic carbocycles. The van der Waals surface area contributed by atoms with E-state index in [9.17, 15) is 0 Å². The highest BCUT2D eigenvalue weighted by Crippen LogP contribution is 2.40. The molecule has 12 rings (SSSR count). The molecule has 0 heteroatoms. The van der Waals surface area contributed by atoms with Gasteiger partial charge in [0.1, 0.15) is 0 Å². The van der Waals surface area contributed by atoms with E-state index in [0.717, 1.165) is 23.1 Å². The summed E-state index contributed by atoms with van der Waals surface area (Å²) in [7, 11) is 0. The maximum absolute atomic E-state index is 5.55. The lowest BCUT2D eigenvalue weighted by Crippen LogP contribution is -1.94. The molecule has 0 fully saturated rings. The number of fused-ring (bicyclic) bond motifs is 3. The summed E-state index contributed by atoms with van der Waals surface area (Å²) in [6.07, 6.45) is 30.6. The molecule has 0 nitrogen and oxygen atoms in total. The molecular weight excluding hydrogens is 937 g/mol. The fourth-order valence-electron chi connectivity index (χ4n) is 11.2. The zero-order valence-corrected chi connectivity index (χ0v) is 47.7. The van der Waals surface area contributed by atoms with Crippen molar-refractivity contribution < 1.29 is 0 Å². The minimum Gasteiger partial charge on any atom is -0.115 e. The fraction of sp³-hybridized carbons (Fsp3) is 0.179. The molecule has 0 radical (unpaired) electrons. The Kier molecular flexibility index (Phi) is 18.6. The Morgan fingerprint density at radius 1 is 0.513 bits per heavy atom. The van der Waals surface area contributed by atoms with Crippen LogP contribution in [-0.2, 0) is 6.42 Å². The van der Waals surface area contributed by atoms with Crippen LogP contribution in [0.4, 0.5) is 0 Å². The van der Waals surface area contributed by atoms with Gasteiger partial charge in [-0.15, -0.1) is 6.42 Å². The Bertz CT molecular complexity index is 3740. The Labute approximate surface area is 467 Å². The van der Waals surface area contributed by atoms with Crippen LogP contribution in [0.5, 0.6) is 0 Å². The number of terminal acetylenes is 1. The van der Waals surface area contributed by atoms with Crippen molar-refractivity contribution in [2.24, 2.45) is 0 Å². The summed E-state index contributed by atoms with van der Waals surface area (Å²) in [5, 5.41) is 8.31. The third-order valence-corrected chi connectivity index (χ3v) is 15.7. The first-order chi connectivity index (χ1) is 37.8. The average molecular weight is 1010 g/mol. The van der Waals surface area contributed by atoms with Crippen LogP contribution < -0.4 is 0 Å². The maximum Gasteiger partial charge on any atom is 0.0284 e. The van der Waals surface area contributed by atoms with Crippen LogP contribution >= 0.6 is 0 Å². The lowest BCUT2D eigenvalue weighted by Gasteiger charge is -2.14. The van der Waals surface area contributed by atoms with E-state index in [0.29, 0.717) is 0 Å². The lowest BCUT2D eigenvalue weighted by atomic mass is 9.91. The zero-order valence-electron chi connectivity index (χ0n) is 47.7. The van der Waals surface area contributed by atoms with Crippen molar-refractivity contribution in [1.29, 1.82) is 0 Å². The number of allylic oxidation sites excluding steroid dienone is 14. The highest BCUT2D eigenvalue weighted by Gasteiger charge is 2.21. The first-order valence-corrected chi connectivity index (χ1v) is 27.7. The van der Waals surface area contributed by atoms with E-state index in [2.05, 4.69) is 256 Å². The van der Waals surface area contributed by atoms with E-state index >= 15 is 0 Å². The van der Waals surface area contributed by atoms with E-state index in [1.807, 2.05) is 32.1 Å². The second kappa shape index (κ2) is 26.0. The van der Waals surface area contributed by atoms with Crippen LogP contribution in [0.1, 0.15) is 112 Å². The number of hydrogen-bond acceptors (Lipinski definition) is 0. The zero-order chi connectivity index (χ0) is 55.3. The molecule has 0 atom stereocenters. The highest BCUT2D eigenvalue weighted by molar-refractivity contribution is 6.24. The molecule has 388 valence electrons. The normalized spacial score (nSPS) is 13.2. The molecule has 0 bridgehead atoms. The Morgan fingerprint density at radius 3 is 1.47 bits per heavy atom. The second-order valence-corrected chi connectivity index (χ2v) is 20.9. The maximum atomic E-state index is 5.55. The van der Waals surface area contributed by atoms with E-state index in [-0.39, 0.29) is 0 Å². The molecule has 3 aliphatic rings. The Morgan fingerprint density at radius 2 is 0.987 bits per heavy atom. The second-order valence-electron chi connectivity index (χ2n) is 20.9. The van der Waals surface area contributed by atoms with E-state index < -0.39 is 0 Å². The van der Waals surface area contributed by atoms with Gasteiger partial charge in [0, 0.05) is 12.0 Å². The van der Waals surface area contributed by atoms with Crippen molar-refractivity contribution in [1.82, 2.24) is 0 Å². The third kappa shape index (κ3) is 12.5. The highest BCUT2D eigenvalue weighted by atomic mass is 14.2. The van der Waals surface area contributed by atoms with Gasteiger partial charge in [-0.3, -0.25) is 0 Å². The molecule has 0 saturated heterocycles. The van der Waals surface area contributed by atoms with E-state index in [4.69, 9.17) is 6.42 Å². The van der Waals surface area contributed by atoms with Crippen molar-refractivity contribution in [2.45, 2.75) is 94.4 Å². The van der Waals surface area contributed by atoms with Gasteiger partial charge >= 0.3 is 0 Å². The predicted octanol–water partition coefficient (Wildman–Crippen LogP) is 21.6. The van der Waals surface area contributed by atoms with Gasteiger partial charge in [-0.2, -0.15) is 0 Å². The van der Waals surface area contributed by atoms with Gasteiger partial charge in [-0.25, -0.2) is 0 Å². The summed E-state index contributed by atoms with van der Waals surface area (Å²) in [6.45, 7) is 27.2. The smallest absolute Gasteiger partial charge is 0.0284 e. The van der Waals surface area contributed by atoms with Crippen molar-refractivity contribution >= 4 is 49.0 Å². The summed E-state index contributed by atoms with van der Waals surface area (Å²) in [5.41, 5.74) is 26.3. The molecule has 0 amide bonds. The van der Waals surface area contributed by atoms with Gasteiger partial charge < -0.3 is 0 Å². The topological polar surface area (TPSA) is 0 Å². The fourth-order valence-corrected chi connectivity index (χ4v) is 11.2. The van der Waals surface area contributed by atoms with Crippen LogP contribution in [0.15, 0.2) is 231 Å². The molecule has 0 aliphatic heterocycles. The Balaban J connectivity index is 0.000000129. The van der Waals surface area contributed by atoms with Crippen LogP contribution in [0.25, 0.3) is 60.2 Å². The quantitative estimate of drug-likeness (QED) is 0.0885. The standard InChI is InChI=1S/C18H14.C18H22.C16H12.2C13H14/c1-11-3-5-13-8-10-16-12(2)4-6-14-7-9-15(11)17(13)18(14)16;1-7-10-18(16(8-2)13(3)4)17-12-9-11-14(5)15(17)6;1-3-12-7-5-9-14-13-8-4-6-11(2)15(13)10-16(12)14;2*1-11-7-5-6-10-13(11)12-8-3-2-4-9-12/h3-10H,1-2H3;7-12H,2-3H2,1,4-6H3;1,4-9H,10H2,2H3;2*2-3,5-8,10H,4,9H2,1H3/b;10-7-,18-16+;;;. The van der Waals surface area contributed by atoms with Crippen LogP contribution in [0.2, 0.25) is 0 Å². The van der Waals surface area contributed by atoms with Gasteiger partial charge in [0.15, 0.2) is 0 Å². The van der Waals surface area contributed by atoms with Gasteiger partial charge in [-0.05, 0) is 227 Å². The third-order valence-electron chi connectivity index (χ3n) is 15.7. The largest absolute Gasteiger partial charge is 0.115 e.